The third-order valence-electron chi connectivity index (χ3n) is 4.55. The molecule has 0 aliphatic carbocycles. The third kappa shape index (κ3) is 3.21. The van der Waals surface area contributed by atoms with E-state index in [9.17, 15) is 14.4 Å². The van der Waals surface area contributed by atoms with Crippen LogP contribution >= 0.6 is 0 Å². The molecule has 1 amide bonds. The molecule has 3 heterocycles. The number of hydrogen-bond donors (Lipinski definition) is 2. The maximum Gasteiger partial charge on any atom is 0.325 e. The van der Waals surface area contributed by atoms with Crippen LogP contribution in [0, 0.1) is 0 Å². The Morgan fingerprint density at radius 2 is 1.85 bits per heavy atom. The zero-order valence-corrected chi connectivity index (χ0v) is 14.0. The quantitative estimate of drug-likeness (QED) is 0.783. The van der Waals surface area contributed by atoms with Gasteiger partial charge in [0.25, 0.3) is 11.5 Å². The van der Waals surface area contributed by atoms with Crippen LogP contribution in [-0.2, 0) is 6.54 Å². The van der Waals surface area contributed by atoms with Crippen molar-refractivity contribution < 1.29 is 14.3 Å². The van der Waals surface area contributed by atoms with Crippen molar-refractivity contribution in [3.63, 3.8) is 0 Å². The standard InChI is InChI=1S/C17H18N4O5/c22-15-12(8-18-17(24)19-15)16(23)21-5-3-20(4-6-21)9-11-1-2-13-14(7-11)26-10-25-13/h1-2,7-8H,3-6,9-10H2,(H2,18,19,22,24). The molecule has 2 aromatic rings. The minimum atomic E-state index is -0.665. The molecular formula is C17H18N4O5. The van der Waals surface area contributed by atoms with Gasteiger partial charge in [-0.25, -0.2) is 4.79 Å². The predicted molar refractivity (Wildman–Crippen MR) is 91.4 cm³/mol. The summed E-state index contributed by atoms with van der Waals surface area (Å²) < 4.78 is 10.7. The van der Waals surface area contributed by atoms with Crippen LogP contribution in [0.5, 0.6) is 11.5 Å². The number of aromatic amines is 2. The zero-order chi connectivity index (χ0) is 18.1. The molecule has 1 aromatic heterocycles. The van der Waals surface area contributed by atoms with Crippen LogP contribution in [0.2, 0.25) is 0 Å². The van der Waals surface area contributed by atoms with Gasteiger partial charge in [0.2, 0.25) is 6.79 Å². The lowest BCUT2D eigenvalue weighted by Crippen LogP contribution is -2.49. The number of carbonyl (C=O) groups is 1. The van der Waals surface area contributed by atoms with Crippen LogP contribution in [0.15, 0.2) is 34.0 Å². The van der Waals surface area contributed by atoms with E-state index in [0.29, 0.717) is 26.2 Å². The number of aromatic nitrogens is 2. The van der Waals surface area contributed by atoms with Crippen molar-refractivity contribution >= 4 is 5.91 Å². The van der Waals surface area contributed by atoms with Crippen LogP contribution < -0.4 is 20.7 Å². The van der Waals surface area contributed by atoms with Gasteiger partial charge >= 0.3 is 5.69 Å². The maximum absolute atomic E-state index is 12.5. The number of fused-ring (bicyclic) bond motifs is 1. The first-order chi connectivity index (χ1) is 12.6. The van der Waals surface area contributed by atoms with Crippen LogP contribution in [0.3, 0.4) is 0 Å². The number of benzene rings is 1. The topological polar surface area (TPSA) is 108 Å². The lowest BCUT2D eigenvalue weighted by Gasteiger charge is -2.34. The summed E-state index contributed by atoms with van der Waals surface area (Å²) in [7, 11) is 0. The first-order valence-electron chi connectivity index (χ1n) is 8.32. The number of rotatable bonds is 3. The molecule has 0 saturated carbocycles. The number of ether oxygens (including phenoxy) is 2. The molecule has 1 fully saturated rings. The van der Waals surface area contributed by atoms with Gasteiger partial charge in [-0.1, -0.05) is 6.07 Å². The van der Waals surface area contributed by atoms with Gasteiger partial charge in [-0.2, -0.15) is 0 Å². The molecule has 1 saturated heterocycles. The molecule has 2 N–H and O–H groups in total. The number of carbonyl (C=O) groups excluding carboxylic acids is 1. The number of hydrogen-bond acceptors (Lipinski definition) is 6. The van der Waals surface area contributed by atoms with Crippen molar-refractivity contribution in [1.29, 1.82) is 0 Å². The van der Waals surface area contributed by atoms with E-state index in [2.05, 4.69) is 14.9 Å². The minimum absolute atomic E-state index is 0.0474. The Morgan fingerprint density at radius 3 is 2.62 bits per heavy atom. The highest BCUT2D eigenvalue weighted by Crippen LogP contribution is 2.32. The van der Waals surface area contributed by atoms with Gasteiger partial charge in [0.1, 0.15) is 5.56 Å². The maximum atomic E-state index is 12.5. The second kappa shape index (κ2) is 6.68. The van der Waals surface area contributed by atoms with Gasteiger partial charge in [0, 0.05) is 38.9 Å². The average Bonchev–Trinajstić information content (AvgIpc) is 3.10. The summed E-state index contributed by atoms with van der Waals surface area (Å²) in [6, 6.07) is 5.88. The highest BCUT2D eigenvalue weighted by molar-refractivity contribution is 5.93. The Morgan fingerprint density at radius 1 is 1.08 bits per heavy atom. The highest BCUT2D eigenvalue weighted by atomic mass is 16.7. The normalized spacial score (nSPS) is 16.7. The molecule has 9 heteroatoms. The van der Waals surface area contributed by atoms with E-state index < -0.39 is 11.2 Å². The van der Waals surface area contributed by atoms with E-state index in [4.69, 9.17) is 9.47 Å². The van der Waals surface area contributed by atoms with Gasteiger partial charge in [-0.3, -0.25) is 19.5 Å². The smallest absolute Gasteiger partial charge is 0.325 e. The number of amides is 1. The number of nitrogens with zero attached hydrogens (tertiary/aromatic N) is 2. The Hall–Kier alpha value is -3.07. The largest absolute Gasteiger partial charge is 0.454 e. The van der Waals surface area contributed by atoms with Gasteiger partial charge in [0.05, 0.1) is 0 Å². The molecule has 136 valence electrons. The molecule has 9 nitrogen and oxygen atoms in total. The van der Waals surface area contributed by atoms with Crippen molar-refractivity contribution in [2.75, 3.05) is 33.0 Å². The molecule has 0 spiro atoms. The third-order valence-corrected chi connectivity index (χ3v) is 4.55. The van der Waals surface area contributed by atoms with Gasteiger partial charge < -0.3 is 19.4 Å². The fourth-order valence-electron chi connectivity index (χ4n) is 3.15. The van der Waals surface area contributed by atoms with E-state index in [1.54, 1.807) is 4.90 Å². The fraction of sp³-hybridized carbons (Fsp3) is 0.353. The van der Waals surface area contributed by atoms with E-state index in [-0.39, 0.29) is 18.3 Å². The Bertz CT molecular complexity index is 943. The molecular weight excluding hydrogens is 340 g/mol. The van der Waals surface area contributed by atoms with Crippen LogP contribution in [0.4, 0.5) is 0 Å². The van der Waals surface area contributed by atoms with Crippen LogP contribution in [-0.4, -0.2) is 58.6 Å². The molecule has 0 atom stereocenters. The Kier molecular flexibility index (Phi) is 4.21. The second-order valence-corrected chi connectivity index (χ2v) is 6.24. The molecule has 4 rings (SSSR count). The van der Waals surface area contributed by atoms with Crippen molar-refractivity contribution in [3.8, 4) is 11.5 Å². The molecule has 1 aromatic carbocycles. The average molecular weight is 358 g/mol. The number of H-pyrrole nitrogens is 2. The van der Waals surface area contributed by atoms with Crippen molar-refractivity contribution in [1.82, 2.24) is 19.8 Å². The first-order valence-corrected chi connectivity index (χ1v) is 8.32. The predicted octanol–water partition coefficient (Wildman–Crippen LogP) is -0.250. The summed E-state index contributed by atoms with van der Waals surface area (Å²) in [5.41, 5.74) is -0.221. The molecule has 0 bridgehead atoms. The van der Waals surface area contributed by atoms with Crippen molar-refractivity contribution in [2.24, 2.45) is 0 Å². The molecule has 0 radical (unpaired) electrons. The molecule has 0 unspecified atom stereocenters. The number of piperazine rings is 1. The summed E-state index contributed by atoms with van der Waals surface area (Å²) in [6.45, 7) is 3.42. The van der Waals surface area contributed by atoms with Crippen LogP contribution in [0.1, 0.15) is 15.9 Å². The molecule has 2 aliphatic rings. The summed E-state index contributed by atoms with van der Waals surface area (Å²) in [5.74, 6) is 1.15. The minimum Gasteiger partial charge on any atom is -0.454 e. The van der Waals surface area contributed by atoms with E-state index in [1.807, 2.05) is 18.2 Å². The van der Waals surface area contributed by atoms with Crippen LogP contribution in [0.25, 0.3) is 0 Å². The Balaban J connectivity index is 1.37. The lowest BCUT2D eigenvalue weighted by atomic mass is 10.1. The van der Waals surface area contributed by atoms with Gasteiger partial charge in [-0.15, -0.1) is 0 Å². The summed E-state index contributed by atoms with van der Waals surface area (Å²) in [5, 5.41) is 0. The first kappa shape index (κ1) is 16.4. The Labute approximate surface area is 148 Å². The number of nitrogens with one attached hydrogen (secondary N) is 2. The van der Waals surface area contributed by atoms with Crippen molar-refractivity contribution in [2.45, 2.75) is 6.54 Å². The highest BCUT2D eigenvalue weighted by Gasteiger charge is 2.24. The molecule has 26 heavy (non-hydrogen) atoms. The fourth-order valence-corrected chi connectivity index (χ4v) is 3.15. The summed E-state index contributed by atoms with van der Waals surface area (Å²) in [4.78, 5) is 43.6. The monoisotopic (exact) mass is 358 g/mol. The van der Waals surface area contributed by atoms with Crippen molar-refractivity contribution in [3.05, 3.63) is 56.4 Å². The molecule has 2 aliphatic heterocycles. The van der Waals surface area contributed by atoms with E-state index in [0.717, 1.165) is 23.6 Å². The van der Waals surface area contributed by atoms with E-state index in [1.165, 1.54) is 6.20 Å². The SMILES string of the molecule is O=C(c1c[nH]c(=O)[nH]c1=O)N1CCN(Cc2ccc3c(c2)OCO3)CC1. The zero-order valence-electron chi connectivity index (χ0n) is 14.0. The van der Waals surface area contributed by atoms with Gasteiger partial charge in [0.15, 0.2) is 11.5 Å². The van der Waals surface area contributed by atoms with E-state index >= 15 is 0 Å². The second-order valence-electron chi connectivity index (χ2n) is 6.24. The summed E-state index contributed by atoms with van der Waals surface area (Å²) >= 11 is 0. The van der Waals surface area contributed by atoms with Gasteiger partial charge in [-0.05, 0) is 17.7 Å². The lowest BCUT2D eigenvalue weighted by molar-refractivity contribution is 0.0626. The summed E-state index contributed by atoms with van der Waals surface area (Å²) in [6.07, 6.45) is 1.17.